The van der Waals surface area contributed by atoms with Gasteiger partial charge in [-0.2, -0.15) is 0 Å². The summed E-state index contributed by atoms with van der Waals surface area (Å²) in [5.41, 5.74) is 0.0582. The van der Waals surface area contributed by atoms with Crippen molar-refractivity contribution in [3.05, 3.63) is 0 Å². The van der Waals surface area contributed by atoms with Crippen molar-refractivity contribution in [2.75, 3.05) is 13.6 Å². The van der Waals surface area contributed by atoms with Gasteiger partial charge < -0.3 is 10.2 Å². The van der Waals surface area contributed by atoms with Crippen molar-refractivity contribution >= 4 is 5.91 Å². The quantitative estimate of drug-likeness (QED) is 0.740. The van der Waals surface area contributed by atoms with Crippen molar-refractivity contribution < 1.29 is 4.79 Å². The largest absolute Gasteiger partial charge is 0.336 e. The van der Waals surface area contributed by atoms with Crippen LogP contribution in [0.2, 0.25) is 0 Å². The van der Waals surface area contributed by atoms with E-state index in [1.165, 1.54) is 0 Å². The molecule has 0 saturated carbocycles. The topological polar surface area (TPSA) is 32.3 Å². The summed E-state index contributed by atoms with van der Waals surface area (Å²) in [5.74, 6) is 0.277. The number of likely N-dealkylation sites (tertiary alicyclic amines) is 1. The third-order valence-corrected chi connectivity index (χ3v) is 3.73. The average Bonchev–Trinajstić information content (AvgIpc) is 2.59. The predicted molar refractivity (Wildman–Crippen MR) is 58.2 cm³/mol. The van der Waals surface area contributed by atoms with Gasteiger partial charge in [-0.25, -0.2) is 0 Å². The summed E-state index contributed by atoms with van der Waals surface area (Å²) in [6.45, 7) is 7.40. The monoisotopic (exact) mass is 198 g/mol. The van der Waals surface area contributed by atoms with E-state index >= 15 is 0 Å². The van der Waals surface area contributed by atoms with Gasteiger partial charge in [-0.15, -0.1) is 0 Å². The number of rotatable bonds is 4. The fraction of sp³-hybridized carbons (Fsp3) is 0.909. The average molecular weight is 198 g/mol. The molecular weight excluding hydrogens is 176 g/mol. The van der Waals surface area contributed by atoms with Crippen molar-refractivity contribution in [3.8, 4) is 0 Å². The Hall–Kier alpha value is -0.570. The van der Waals surface area contributed by atoms with Gasteiger partial charge in [0.1, 0.15) is 0 Å². The first-order valence-electron chi connectivity index (χ1n) is 5.57. The molecule has 1 rings (SSSR count). The third kappa shape index (κ3) is 1.78. The number of nitrogens with zero attached hydrogens (tertiary/aromatic N) is 1. The maximum Gasteiger partial charge on any atom is 0.240 e. The lowest BCUT2D eigenvalue weighted by molar-refractivity contribution is -0.134. The van der Waals surface area contributed by atoms with E-state index in [1.807, 2.05) is 11.9 Å². The van der Waals surface area contributed by atoms with Crippen molar-refractivity contribution in [2.24, 2.45) is 0 Å². The molecule has 0 spiro atoms. The molecule has 1 unspecified atom stereocenters. The van der Waals surface area contributed by atoms with Crippen LogP contribution in [0, 0.1) is 0 Å². The van der Waals surface area contributed by atoms with Gasteiger partial charge in [-0.3, -0.25) is 4.79 Å². The smallest absolute Gasteiger partial charge is 0.240 e. The third-order valence-electron chi connectivity index (χ3n) is 3.73. The van der Waals surface area contributed by atoms with Gasteiger partial charge in [0.2, 0.25) is 5.91 Å². The van der Waals surface area contributed by atoms with Crippen LogP contribution in [0.4, 0.5) is 0 Å². The van der Waals surface area contributed by atoms with Crippen molar-refractivity contribution in [1.82, 2.24) is 10.2 Å². The fourth-order valence-corrected chi connectivity index (χ4v) is 2.12. The van der Waals surface area contributed by atoms with Crippen molar-refractivity contribution in [2.45, 2.75) is 51.6 Å². The maximum absolute atomic E-state index is 12.0. The summed E-state index contributed by atoms with van der Waals surface area (Å²) >= 11 is 0. The van der Waals surface area contributed by atoms with E-state index in [9.17, 15) is 4.79 Å². The molecule has 0 aromatic heterocycles. The minimum Gasteiger partial charge on any atom is -0.336 e. The highest BCUT2D eigenvalue weighted by Gasteiger charge is 2.39. The molecular formula is C11H22N2O. The predicted octanol–water partition coefficient (Wildman–Crippen LogP) is 1.39. The summed E-state index contributed by atoms with van der Waals surface area (Å²) in [5, 5.41) is 3.07. The molecule has 82 valence electrons. The molecule has 1 atom stereocenters. The Kier molecular flexibility index (Phi) is 3.53. The molecule has 0 aromatic carbocycles. The summed E-state index contributed by atoms with van der Waals surface area (Å²) < 4.78 is 0. The second-order valence-corrected chi connectivity index (χ2v) is 4.32. The van der Waals surface area contributed by atoms with E-state index in [0.717, 1.165) is 25.8 Å². The van der Waals surface area contributed by atoms with E-state index in [2.05, 4.69) is 26.1 Å². The lowest BCUT2D eigenvalue weighted by Crippen LogP contribution is -2.49. The van der Waals surface area contributed by atoms with Crippen LogP contribution in [0.3, 0.4) is 0 Å². The highest BCUT2D eigenvalue weighted by molar-refractivity contribution is 5.84. The van der Waals surface area contributed by atoms with Gasteiger partial charge in [0.05, 0.1) is 6.04 Å². The highest BCUT2D eigenvalue weighted by Crippen LogP contribution is 2.28. The molecule has 3 nitrogen and oxygen atoms in total. The van der Waals surface area contributed by atoms with Crippen molar-refractivity contribution in [1.29, 1.82) is 0 Å². The van der Waals surface area contributed by atoms with Crippen LogP contribution < -0.4 is 5.32 Å². The van der Waals surface area contributed by atoms with Gasteiger partial charge in [-0.05, 0) is 33.2 Å². The number of carbonyl (C=O) groups excluding carboxylic acids is 1. The Morgan fingerprint density at radius 1 is 1.50 bits per heavy atom. The number of carbonyl (C=O) groups is 1. The number of nitrogens with one attached hydrogen (secondary N) is 1. The first kappa shape index (κ1) is 11.5. The molecule has 1 aliphatic rings. The van der Waals surface area contributed by atoms with Gasteiger partial charge in [0.25, 0.3) is 0 Å². The van der Waals surface area contributed by atoms with Gasteiger partial charge in [0, 0.05) is 12.1 Å². The zero-order valence-corrected chi connectivity index (χ0v) is 9.76. The standard InChI is InChI=1S/C11H22N2O/c1-5-11(3,6-2)13-8-7-9(12-4)10(13)14/h9,12H,5-8H2,1-4H3. The number of hydrogen-bond acceptors (Lipinski definition) is 2. The summed E-state index contributed by atoms with van der Waals surface area (Å²) in [6, 6.07) is 0.0485. The molecule has 1 amide bonds. The SMILES string of the molecule is CCC(C)(CC)N1CCC(NC)C1=O. The fourth-order valence-electron chi connectivity index (χ4n) is 2.12. The summed E-state index contributed by atoms with van der Waals surface area (Å²) in [4.78, 5) is 14.0. The number of likely N-dealkylation sites (N-methyl/N-ethyl adjacent to an activating group) is 1. The van der Waals surface area contributed by atoms with Crippen LogP contribution in [0.1, 0.15) is 40.0 Å². The summed E-state index contributed by atoms with van der Waals surface area (Å²) in [7, 11) is 1.86. The minimum absolute atomic E-state index is 0.0485. The van der Waals surface area contributed by atoms with Crippen LogP contribution in [0.5, 0.6) is 0 Å². The molecule has 0 aromatic rings. The Morgan fingerprint density at radius 3 is 2.43 bits per heavy atom. The molecule has 14 heavy (non-hydrogen) atoms. The molecule has 1 N–H and O–H groups in total. The molecule has 3 heteroatoms. The second-order valence-electron chi connectivity index (χ2n) is 4.32. The first-order chi connectivity index (χ1) is 6.59. The number of hydrogen-bond donors (Lipinski definition) is 1. The van der Waals surface area contributed by atoms with E-state index in [0.29, 0.717) is 0 Å². The van der Waals surface area contributed by atoms with Crippen molar-refractivity contribution in [3.63, 3.8) is 0 Å². The van der Waals surface area contributed by atoms with E-state index in [-0.39, 0.29) is 17.5 Å². The highest BCUT2D eigenvalue weighted by atomic mass is 16.2. The van der Waals surface area contributed by atoms with Crippen LogP contribution in [-0.4, -0.2) is 36.0 Å². The Labute approximate surface area is 86.9 Å². The number of amides is 1. The van der Waals surface area contributed by atoms with E-state index in [1.54, 1.807) is 0 Å². The first-order valence-corrected chi connectivity index (χ1v) is 5.57. The van der Waals surface area contributed by atoms with Crippen LogP contribution >= 0.6 is 0 Å². The second kappa shape index (κ2) is 4.30. The van der Waals surface area contributed by atoms with Crippen LogP contribution in [0.15, 0.2) is 0 Å². The normalized spacial score (nSPS) is 23.3. The van der Waals surface area contributed by atoms with Gasteiger partial charge in [-0.1, -0.05) is 13.8 Å². The Bertz CT molecular complexity index is 211. The van der Waals surface area contributed by atoms with E-state index < -0.39 is 0 Å². The Morgan fingerprint density at radius 2 is 2.07 bits per heavy atom. The lowest BCUT2D eigenvalue weighted by atomic mass is 9.93. The van der Waals surface area contributed by atoms with Crippen LogP contribution in [0.25, 0.3) is 0 Å². The summed E-state index contributed by atoms with van der Waals surface area (Å²) in [6.07, 6.45) is 3.02. The van der Waals surface area contributed by atoms with Gasteiger partial charge in [0.15, 0.2) is 0 Å². The Balaban J connectivity index is 2.75. The molecule has 1 fully saturated rings. The molecule has 1 heterocycles. The molecule has 1 aliphatic heterocycles. The zero-order valence-electron chi connectivity index (χ0n) is 9.76. The lowest BCUT2D eigenvalue weighted by Gasteiger charge is -2.37. The van der Waals surface area contributed by atoms with E-state index in [4.69, 9.17) is 0 Å². The molecule has 0 bridgehead atoms. The molecule has 0 radical (unpaired) electrons. The zero-order chi connectivity index (χ0) is 10.8. The van der Waals surface area contributed by atoms with Gasteiger partial charge >= 0.3 is 0 Å². The minimum atomic E-state index is 0.0485. The van der Waals surface area contributed by atoms with Crippen LogP contribution in [-0.2, 0) is 4.79 Å². The molecule has 1 saturated heterocycles. The molecule has 0 aliphatic carbocycles. The maximum atomic E-state index is 12.0.